The van der Waals surface area contributed by atoms with Crippen molar-refractivity contribution in [2.24, 2.45) is 0 Å². The molecule has 82 valence electrons. The number of anilines is 1. The van der Waals surface area contributed by atoms with Gasteiger partial charge in [0.15, 0.2) is 0 Å². The van der Waals surface area contributed by atoms with Crippen LogP contribution in [0.1, 0.15) is 11.1 Å². The van der Waals surface area contributed by atoms with E-state index < -0.39 is 0 Å². The zero-order valence-corrected chi connectivity index (χ0v) is 9.40. The second-order valence-electron chi connectivity index (χ2n) is 3.77. The molecule has 0 fully saturated rings. The van der Waals surface area contributed by atoms with Gasteiger partial charge >= 0.3 is 0 Å². The molecule has 1 heterocycles. The molecule has 3 heteroatoms. The number of aromatic nitrogens is 1. The van der Waals surface area contributed by atoms with E-state index in [0.29, 0.717) is 5.69 Å². The van der Waals surface area contributed by atoms with Gasteiger partial charge < -0.3 is 10.5 Å². The molecule has 1 aromatic heterocycles. The van der Waals surface area contributed by atoms with Crippen molar-refractivity contribution in [3.63, 3.8) is 0 Å². The molecule has 0 radical (unpaired) electrons. The number of hydrogen-bond acceptors (Lipinski definition) is 3. The van der Waals surface area contributed by atoms with Crippen molar-refractivity contribution >= 4 is 5.69 Å². The van der Waals surface area contributed by atoms with Crippen LogP contribution in [0.3, 0.4) is 0 Å². The second-order valence-corrected chi connectivity index (χ2v) is 3.77. The number of aryl methyl sites for hydroxylation is 2. The lowest BCUT2D eigenvalue weighted by Crippen LogP contribution is -1.92. The molecule has 0 spiro atoms. The third-order valence-electron chi connectivity index (χ3n) is 2.40. The molecule has 0 aliphatic rings. The smallest absolute Gasteiger partial charge is 0.133 e. The van der Waals surface area contributed by atoms with Gasteiger partial charge in [0, 0.05) is 29.7 Å². The first kappa shape index (κ1) is 10.5. The number of nitrogen functional groups attached to an aromatic ring is 1. The van der Waals surface area contributed by atoms with Gasteiger partial charge in [-0.15, -0.1) is 0 Å². The van der Waals surface area contributed by atoms with E-state index in [-0.39, 0.29) is 0 Å². The van der Waals surface area contributed by atoms with Crippen LogP contribution in [0.25, 0.3) is 0 Å². The summed E-state index contributed by atoms with van der Waals surface area (Å²) in [5.74, 6) is 1.60. The Kier molecular flexibility index (Phi) is 2.77. The number of nitrogens with zero attached hydrogens (tertiary/aromatic N) is 1. The largest absolute Gasteiger partial charge is 0.457 e. The quantitative estimate of drug-likeness (QED) is 0.781. The van der Waals surface area contributed by atoms with Gasteiger partial charge in [0.2, 0.25) is 0 Å². The van der Waals surface area contributed by atoms with Gasteiger partial charge in [-0.1, -0.05) is 6.07 Å². The summed E-state index contributed by atoms with van der Waals surface area (Å²) < 4.78 is 5.80. The number of ether oxygens (including phenoxy) is 1. The summed E-state index contributed by atoms with van der Waals surface area (Å²) in [5.41, 5.74) is 8.49. The molecule has 0 aliphatic heterocycles. The molecule has 0 amide bonds. The van der Waals surface area contributed by atoms with E-state index in [1.807, 2.05) is 38.1 Å². The predicted molar refractivity (Wildman–Crippen MR) is 64.6 cm³/mol. The molecule has 2 rings (SSSR count). The highest BCUT2D eigenvalue weighted by Crippen LogP contribution is 2.28. The van der Waals surface area contributed by atoms with E-state index in [1.165, 1.54) is 0 Å². The standard InChI is InChI=1S/C13H14N2O/c1-9-3-4-11(14)7-13(9)16-12-5-6-15-8-10(12)2/h3-8H,14H2,1-2H3. The van der Waals surface area contributed by atoms with Crippen LogP contribution in [-0.4, -0.2) is 4.98 Å². The Labute approximate surface area is 94.9 Å². The molecule has 3 nitrogen and oxygen atoms in total. The molecular formula is C13H14N2O. The molecular weight excluding hydrogens is 200 g/mol. The molecule has 2 aromatic rings. The maximum atomic E-state index is 5.80. The average molecular weight is 214 g/mol. The summed E-state index contributed by atoms with van der Waals surface area (Å²) in [5, 5.41) is 0. The van der Waals surface area contributed by atoms with Crippen LogP contribution in [0.2, 0.25) is 0 Å². The van der Waals surface area contributed by atoms with Gasteiger partial charge in [0.25, 0.3) is 0 Å². The Morgan fingerprint density at radius 2 is 1.88 bits per heavy atom. The Morgan fingerprint density at radius 1 is 1.06 bits per heavy atom. The SMILES string of the molecule is Cc1cnccc1Oc1cc(N)ccc1C. The lowest BCUT2D eigenvalue weighted by atomic mass is 10.2. The molecule has 0 bridgehead atoms. The first-order chi connectivity index (χ1) is 7.66. The van der Waals surface area contributed by atoms with E-state index in [1.54, 1.807) is 12.4 Å². The van der Waals surface area contributed by atoms with Crippen LogP contribution >= 0.6 is 0 Å². The summed E-state index contributed by atoms with van der Waals surface area (Å²) in [6.45, 7) is 3.95. The van der Waals surface area contributed by atoms with Gasteiger partial charge in [0.1, 0.15) is 11.5 Å². The normalized spacial score (nSPS) is 10.1. The monoisotopic (exact) mass is 214 g/mol. The highest BCUT2D eigenvalue weighted by atomic mass is 16.5. The Balaban J connectivity index is 2.34. The number of rotatable bonds is 2. The van der Waals surface area contributed by atoms with Gasteiger partial charge in [-0.2, -0.15) is 0 Å². The fourth-order valence-corrected chi connectivity index (χ4v) is 1.42. The maximum Gasteiger partial charge on any atom is 0.133 e. The van der Waals surface area contributed by atoms with Crippen LogP contribution < -0.4 is 10.5 Å². The van der Waals surface area contributed by atoms with Crippen molar-refractivity contribution in [2.75, 3.05) is 5.73 Å². The topological polar surface area (TPSA) is 48.1 Å². The molecule has 16 heavy (non-hydrogen) atoms. The molecule has 0 aliphatic carbocycles. The molecule has 0 saturated carbocycles. The van der Waals surface area contributed by atoms with Crippen molar-refractivity contribution in [1.29, 1.82) is 0 Å². The van der Waals surface area contributed by atoms with Crippen molar-refractivity contribution in [3.8, 4) is 11.5 Å². The zero-order valence-electron chi connectivity index (χ0n) is 9.40. The van der Waals surface area contributed by atoms with E-state index in [9.17, 15) is 0 Å². The van der Waals surface area contributed by atoms with E-state index >= 15 is 0 Å². The fraction of sp³-hybridized carbons (Fsp3) is 0.154. The fourth-order valence-electron chi connectivity index (χ4n) is 1.42. The molecule has 0 atom stereocenters. The molecule has 0 unspecified atom stereocenters. The maximum absolute atomic E-state index is 5.80. The highest BCUT2D eigenvalue weighted by Gasteiger charge is 2.04. The van der Waals surface area contributed by atoms with Crippen molar-refractivity contribution < 1.29 is 4.74 Å². The number of hydrogen-bond donors (Lipinski definition) is 1. The Hall–Kier alpha value is -2.03. The number of benzene rings is 1. The van der Waals surface area contributed by atoms with E-state index in [2.05, 4.69) is 4.98 Å². The van der Waals surface area contributed by atoms with Crippen LogP contribution in [0.5, 0.6) is 11.5 Å². The first-order valence-corrected chi connectivity index (χ1v) is 5.11. The summed E-state index contributed by atoms with van der Waals surface area (Å²) >= 11 is 0. The van der Waals surface area contributed by atoms with Gasteiger partial charge in [-0.25, -0.2) is 0 Å². The third kappa shape index (κ3) is 2.14. The zero-order chi connectivity index (χ0) is 11.5. The van der Waals surface area contributed by atoms with Gasteiger partial charge in [-0.05, 0) is 31.5 Å². The van der Waals surface area contributed by atoms with Crippen molar-refractivity contribution in [1.82, 2.24) is 4.98 Å². The summed E-state index contributed by atoms with van der Waals surface area (Å²) in [6.07, 6.45) is 3.49. The van der Waals surface area contributed by atoms with E-state index in [4.69, 9.17) is 10.5 Å². The van der Waals surface area contributed by atoms with Crippen LogP contribution in [0, 0.1) is 13.8 Å². The van der Waals surface area contributed by atoms with E-state index in [0.717, 1.165) is 22.6 Å². The third-order valence-corrected chi connectivity index (χ3v) is 2.40. The van der Waals surface area contributed by atoms with Crippen LogP contribution in [-0.2, 0) is 0 Å². The second kappa shape index (κ2) is 4.23. The van der Waals surface area contributed by atoms with Gasteiger partial charge in [0.05, 0.1) is 0 Å². The highest BCUT2D eigenvalue weighted by molar-refractivity contribution is 5.49. The molecule has 1 aromatic carbocycles. The minimum absolute atomic E-state index is 0.701. The lowest BCUT2D eigenvalue weighted by molar-refractivity contribution is 0.474. The molecule has 2 N–H and O–H groups in total. The van der Waals surface area contributed by atoms with Crippen molar-refractivity contribution in [2.45, 2.75) is 13.8 Å². The lowest BCUT2D eigenvalue weighted by Gasteiger charge is -2.10. The minimum atomic E-state index is 0.701. The summed E-state index contributed by atoms with van der Waals surface area (Å²) in [7, 11) is 0. The number of pyridine rings is 1. The minimum Gasteiger partial charge on any atom is -0.457 e. The predicted octanol–water partition coefficient (Wildman–Crippen LogP) is 3.07. The number of nitrogens with two attached hydrogens (primary N) is 1. The Bertz CT molecular complexity index is 509. The van der Waals surface area contributed by atoms with Gasteiger partial charge in [-0.3, -0.25) is 4.98 Å². The summed E-state index contributed by atoms with van der Waals surface area (Å²) in [4.78, 5) is 4.02. The summed E-state index contributed by atoms with van der Waals surface area (Å²) in [6, 6.07) is 7.48. The van der Waals surface area contributed by atoms with Crippen LogP contribution in [0.15, 0.2) is 36.7 Å². The first-order valence-electron chi connectivity index (χ1n) is 5.11. The average Bonchev–Trinajstić information content (AvgIpc) is 2.27. The van der Waals surface area contributed by atoms with Crippen molar-refractivity contribution in [3.05, 3.63) is 47.8 Å². The molecule has 0 saturated heterocycles. The van der Waals surface area contributed by atoms with Crippen LogP contribution in [0.4, 0.5) is 5.69 Å². The Morgan fingerprint density at radius 3 is 2.62 bits per heavy atom.